The van der Waals surface area contributed by atoms with E-state index < -0.39 is 0 Å². The first-order valence-corrected chi connectivity index (χ1v) is 5.97. The topological polar surface area (TPSA) is 101 Å². The van der Waals surface area contributed by atoms with Crippen molar-refractivity contribution in [1.82, 2.24) is 0 Å². The van der Waals surface area contributed by atoms with Crippen molar-refractivity contribution in [2.75, 3.05) is 5.32 Å². The van der Waals surface area contributed by atoms with Crippen LogP contribution in [0.5, 0.6) is 0 Å². The number of carbonyl (C=O) groups excluding carboxylic acids is 1. The summed E-state index contributed by atoms with van der Waals surface area (Å²) in [5.74, 6) is 0.267. The molecule has 1 aromatic carbocycles. The summed E-state index contributed by atoms with van der Waals surface area (Å²) in [6.07, 6.45) is 1.46. The van der Waals surface area contributed by atoms with E-state index in [2.05, 4.69) is 10.5 Å². The number of nitrogens with one attached hydrogen (secondary N) is 1. The van der Waals surface area contributed by atoms with Gasteiger partial charge in [0.05, 0.1) is 11.8 Å². The number of anilines is 1. The van der Waals surface area contributed by atoms with E-state index in [0.29, 0.717) is 22.6 Å². The molecule has 1 heterocycles. The average Bonchev–Trinajstić information content (AvgIpc) is 2.86. The van der Waals surface area contributed by atoms with E-state index >= 15 is 0 Å². The van der Waals surface area contributed by atoms with Gasteiger partial charge in [0, 0.05) is 11.3 Å². The summed E-state index contributed by atoms with van der Waals surface area (Å²) in [5.41, 5.74) is 8.00. The largest absolute Gasteiger partial charge is 0.469 e. The third-order valence-corrected chi connectivity index (χ3v) is 2.99. The van der Waals surface area contributed by atoms with Gasteiger partial charge in [-0.2, -0.15) is 0 Å². The second-order valence-electron chi connectivity index (χ2n) is 4.36. The van der Waals surface area contributed by atoms with E-state index in [1.54, 1.807) is 31.2 Å². The second-order valence-corrected chi connectivity index (χ2v) is 4.36. The molecule has 0 saturated carbocycles. The van der Waals surface area contributed by atoms with Crippen LogP contribution >= 0.6 is 0 Å². The third-order valence-electron chi connectivity index (χ3n) is 2.99. The van der Waals surface area contributed by atoms with Crippen LogP contribution < -0.4 is 11.1 Å². The lowest BCUT2D eigenvalue weighted by molar-refractivity contribution is 0.102. The second kappa shape index (κ2) is 5.48. The predicted octanol–water partition coefficient (Wildman–Crippen LogP) is 2.24. The molecule has 0 aliphatic heterocycles. The van der Waals surface area contributed by atoms with Gasteiger partial charge in [0.1, 0.15) is 5.76 Å². The van der Waals surface area contributed by atoms with Crippen molar-refractivity contribution in [3.8, 4) is 0 Å². The van der Waals surface area contributed by atoms with Crippen LogP contribution in [0.25, 0.3) is 0 Å². The Morgan fingerprint density at radius 3 is 2.70 bits per heavy atom. The number of aryl methyl sites for hydroxylation is 2. The molecule has 0 saturated heterocycles. The number of nitrogens with zero attached hydrogens (tertiary/aromatic N) is 1. The lowest BCUT2D eigenvalue weighted by atomic mass is 10.1. The molecule has 0 atom stereocenters. The monoisotopic (exact) mass is 273 g/mol. The Bertz CT molecular complexity index is 674. The Hall–Kier alpha value is -2.76. The van der Waals surface area contributed by atoms with Gasteiger partial charge in [-0.1, -0.05) is 17.3 Å². The zero-order chi connectivity index (χ0) is 14.7. The number of benzene rings is 1. The Morgan fingerprint density at radius 1 is 1.35 bits per heavy atom. The van der Waals surface area contributed by atoms with Gasteiger partial charge < -0.3 is 20.7 Å². The highest BCUT2D eigenvalue weighted by atomic mass is 16.4. The first kappa shape index (κ1) is 13.7. The Labute approximate surface area is 115 Å². The molecule has 20 heavy (non-hydrogen) atoms. The molecule has 0 bridgehead atoms. The fourth-order valence-corrected chi connectivity index (χ4v) is 1.78. The highest BCUT2D eigenvalue weighted by Crippen LogP contribution is 2.19. The molecular weight excluding hydrogens is 258 g/mol. The van der Waals surface area contributed by atoms with Crippen molar-refractivity contribution in [3.05, 3.63) is 53.0 Å². The molecule has 1 amide bonds. The number of nitrogens with two attached hydrogens (primary N) is 1. The normalized spacial score (nSPS) is 11.4. The first-order chi connectivity index (χ1) is 9.52. The number of amides is 1. The van der Waals surface area contributed by atoms with Crippen LogP contribution in [-0.4, -0.2) is 17.0 Å². The van der Waals surface area contributed by atoms with E-state index in [1.165, 1.54) is 6.26 Å². The van der Waals surface area contributed by atoms with Crippen LogP contribution in [-0.2, 0) is 0 Å². The molecule has 1 aromatic heterocycles. The third kappa shape index (κ3) is 2.64. The fourth-order valence-electron chi connectivity index (χ4n) is 1.78. The Balaban J connectivity index is 2.29. The van der Waals surface area contributed by atoms with Gasteiger partial charge in [0.2, 0.25) is 0 Å². The average molecular weight is 273 g/mol. The fraction of sp³-hybridized carbons (Fsp3) is 0.143. The summed E-state index contributed by atoms with van der Waals surface area (Å²) in [7, 11) is 0. The van der Waals surface area contributed by atoms with Crippen LogP contribution in [0.15, 0.2) is 40.1 Å². The molecule has 2 aromatic rings. The van der Waals surface area contributed by atoms with Crippen molar-refractivity contribution < 1.29 is 14.4 Å². The summed E-state index contributed by atoms with van der Waals surface area (Å²) in [4.78, 5) is 12.1. The number of carbonyl (C=O) groups is 1. The van der Waals surface area contributed by atoms with E-state index in [-0.39, 0.29) is 11.7 Å². The predicted molar refractivity (Wildman–Crippen MR) is 75.1 cm³/mol. The number of rotatable bonds is 3. The Morgan fingerprint density at radius 2 is 2.10 bits per heavy atom. The number of hydrogen-bond acceptors (Lipinski definition) is 4. The molecular formula is C14H15N3O3. The number of oxime groups is 1. The molecule has 0 spiro atoms. The minimum absolute atomic E-state index is 0.0139. The molecule has 2 rings (SSSR count). The van der Waals surface area contributed by atoms with Crippen LogP contribution in [0.1, 0.15) is 27.2 Å². The van der Waals surface area contributed by atoms with E-state index in [4.69, 9.17) is 15.4 Å². The van der Waals surface area contributed by atoms with Crippen molar-refractivity contribution in [2.45, 2.75) is 13.8 Å². The minimum atomic E-state index is -0.268. The number of hydrogen-bond donors (Lipinski definition) is 3. The molecule has 6 heteroatoms. The lowest BCUT2D eigenvalue weighted by Crippen LogP contribution is -2.16. The van der Waals surface area contributed by atoms with Crippen LogP contribution in [0.2, 0.25) is 0 Å². The van der Waals surface area contributed by atoms with Crippen molar-refractivity contribution in [2.24, 2.45) is 10.9 Å². The van der Waals surface area contributed by atoms with Crippen molar-refractivity contribution in [1.29, 1.82) is 0 Å². The van der Waals surface area contributed by atoms with E-state index in [9.17, 15) is 4.79 Å². The van der Waals surface area contributed by atoms with Crippen molar-refractivity contribution >= 4 is 17.4 Å². The molecule has 0 aliphatic carbocycles. The van der Waals surface area contributed by atoms with Gasteiger partial charge in [-0.05, 0) is 31.5 Å². The highest BCUT2D eigenvalue weighted by Gasteiger charge is 2.13. The molecule has 0 fully saturated rings. The SMILES string of the molecule is Cc1ccc(C(N)=NO)cc1NC(=O)c1ccoc1C. The maximum atomic E-state index is 12.1. The molecule has 104 valence electrons. The molecule has 0 aliphatic rings. The van der Waals surface area contributed by atoms with Gasteiger partial charge in [0.15, 0.2) is 5.84 Å². The van der Waals surface area contributed by atoms with Gasteiger partial charge >= 0.3 is 0 Å². The van der Waals surface area contributed by atoms with Gasteiger partial charge in [-0.15, -0.1) is 0 Å². The quantitative estimate of drug-likeness (QED) is 0.345. The Kier molecular flexibility index (Phi) is 3.74. The summed E-state index contributed by atoms with van der Waals surface area (Å²) in [6.45, 7) is 3.57. The van der Waals surface area contributed by atoms with Crippen LogP contribution in [0, 0.1) is 13.8 Å². The number of amidine groups is 1. The highest BCUT2D eigenvalue weighted by molar-refractivity contribution is 6.06. The zero-order valence-corrected chi connectivity index (χ0v) is 11.2. The summed E-state index contributed by atoms with van der Waals surface area (Å²) >= 11 is 0. The standard InChI is InChI=1S/C14H15N3O3/c1-8-3-4-10(13(15)17-19)7-12(8)16-14(18)11-5-6-20-9(11)2/h3-7,19H,1-2H3,(H2,15,17)(H,16,18). The van der Waals surface area contributed by atoms with Crippen molar-refractivity contribution in [3.63, 3.8) is 0 Å². The molecule has 0 radical (unpaired) electrons. The maximum Gasteiger partial charge on any atom is 0.259 e. The van der Waals surface area contributed by atoms with Gasteiger partial charge in [0.25, 0.3) is 5.91 Å². The molecule has 4 N–H and O–H groups in total. The van der Waals surface area contributed by atoms with Gasteiger partial charge in [-0.3, -0.25) is 4.79 Å². The maximum absolute atomic E-state index is 12.1. The smallest absolute Gasteiger partial charge is 0.259 e. The molecule has 6 nitrogen and oxygen atoms in total. The minimum Gasteiger partial charge on any atom is -0.469 e. The van der Waals surface area contributed by atoms with E-state index in [0.717, 1.165) is 5.56 Å². The lowest BCUT2D eigenvalue weighted by Gasteiger charge is -2.09. The summed E-state index contributed by atoms with van der Waals surface area (Å²) < 4.78 is 5.10. The van der Waals surface area contributed by atoms with Crippen LogP contribution in [0.3, 0.4) is 0 Å². The summed E-state index contributed by atoms with van der Waals surface area (Å²) in [5, 5.41) is 14.4. The van der Waals surface area contributed by atoms with Crippen LogP contribution in [0.4, 0.5) is 5.69 Å². The van der Waals surface area contributed by atoms with E-state index in [1.807, 2.05) is 6.92 Å². The first-order valence-electron chi connectivity index (χ1n) is 5.97. The van der Waals surface area contributed by atoms with Gasteiger partial charge in [-0.25, -0.2) is 0 Å². The zero-order valence-electron chi connectivity index (χ0n) is 11.2. The summed E-state index contributed by atoms with van der Waals surface area (Å²) in [6, 6.07) is 6.75. The molecule has 0 unspecified atom stereocenters. The number of furan rings is 1.